The number of aryl methyl sites for hydroxylation is 1. The Bertz CT molecular complexity index is 700. The molecular formula is C13H8BrIS. The van der Waals surface area contributed by atoms with Crippen LogP contribution in [0.2, 0.25) is 0 Å². The maximum absolute atomic E-state index is 3.53. The molecule has 0 amide bonds. The van der Waals surface area contributed by atoms with Gasteiger partial charge in [-0.3, -0.25) is 0 Å². The van der Waals surface area contributed by atoms with Crippen LogP contribution in [0.4, 0.5) is 0 Å². The Morgan fingerprint density at radius 3 is 2.69 bits per heavy atom. The van der Waals surface area contributed by atoms with Crippen LogP contribution in [0.3, 0.4) is 0 Å². The van der Waals surface area contributed by atoms with E-state index in [1.54, 1.807) is 0 Å². The molecule has 1 heterocycles. The molecule has 0 aliphatic rings. The third-order valence-electron chi connectivity index (χ3n) is 2.79. The van der Waals surface area contributed by atoms with Crippen molar-refractivity contribution in [3.8, 4) is 0 Å². The van der Waals surface area contributed by atoms with Gasteiger partial charge in [0.1, 0.15) is 0 Å². The van der Waals surface area contributed by atoms with E-state index >= 15 is 0 Å². The highest BCUT2D eigenvalue weighted by molar-refractivity contribution is 14.1. The molecule has 3 rings (SSSR count). The van der Waals surface area contributed by atoms with E-state index in [9.17, 15) is 0 Å². The number of rotatable bonds is 0. The minimum absolute atomic E-state index is 1.15. The van der Waals surface area contributed by atoms with Gasteiger partial charge >= 0.3 is 0 Å². The SMILES string of the molecule is Cc1c(I)ccc2c1sc1cc(Br)ccc12. The molecule has 1 aromatic heterocycles. The van der Waals surface area contributed by atoms with Crippen molar-refractivity contribution in [2.75, 3.05) is 0 Å². The number of hydrogen-bond donors (Lipinski definition) is 0. The lowest BCUT2D eigenvalue weighted by molar-refractivity contribution is 1.51. The van der Waals surface area contributed by atoms with Gasteiger partial charge in [0.05, 0.1) is 0 Å². The van der Waals surface area contributed by atoms with Crippen molar-refractivity contribution in [1.82, 2.24) is 0 Å². The van der Waals surface area contributed by atoms with Gasteiger partial charge in [-0.25, -0.2) is 0 Å². The summed E-state index contributed by atoms with van der Waals surface area (Å²) in [4.78, 5) is 0. The molecule has 80 valence electrons. The average molecular weight is 403 g/mol. The van der Waals surface area contributed by atoms with E-state index in [1.165, 1.54) is 29.3 Å². The summed E-state index contributed by atoms with van der Waals surface area (Å²) in [6, 6.07) is 10.9. The summed E-state index contributed by atoms with van der Waals surface area (Å²) in [6.07, 6.45) is 0. The Balaban J connectivity index is 2.55. The first-order chi connectivity index (χ1) is 7.66. The largest absolute Gasteiger partial charge is 0.135 e. The normalized spacial score (nSPS) is 11.4. The second-order valence-electron chi connectivity index (χ2n) is 3.79. The summed E-state index contributed by atoms with van der Waals surface area (Å²) in [5, 5.41) is 2.74. The molecule has 0 aliphatic carbocycles. The zero-order valence-corrected chi connectivity index (χ0v) is 13.1. The second-order valence-corrected chi connectivity index (χ2v) is 6.92. The van der Waals surface area contributed by atoms with Gasteiger partial charge in [0.2, 0.25) is 0 Å². The van der Waals surface area contributed by atoms with E-state index in [4.69, 9.17) is 0 Å². The number of fused-ring (bicyclic) bond motifs is 3. The fourth-order valence-electron chi connectivity index (χ4n) is 1.92. The molecule has 0 bridgehead atoms. The van der Waals surface area contributed by atoms with Crippen LogP contribution < -0.4 is 0 Å². The standard InChI is InChI=1S/C13H8BrIS/c1-7-11(15)5-4-10-9-3-2-8(14)6-12(9)16-13(7)10/h2-6H,1H3. The van der Waals surface area contributed by atoms with Gasteiger partial charge in [0.15, 0.2) is 0 Å². The van der Waals surface area contributed by atoms with E-state index in [1.807, 2.05) is 11.3 Å². The lowest BCUT2D eigenvalue weighted by atomic mass is 10.1. The zero-order chi connectivity index (χ0) is 11.3. The maximum atomic E-state index is 3.53. The first-order valence-corrected chi connectivity index (χ1v) is 7.62. The summed E-state index contributed by atoms with van der Waals surface area (Å²) < 4.78 is 5.27. The summed E-state index contributed by atoms with van der Waals surface area (Å²) in [6.45, 7) is 2.20. The van der Waals surface area contributed by atoms with Crippen LogP contribution in [0.1, 0.15) is 5.56 Å². The van der Waals surface area contributed by atoms with Crippen molar-refractivity contribution in [3.05, 3.63) is 43.9 Å². The third-order valence-corrected chi connectivity index (χ3v) is 5.74. The van der Waals surface area contributed by atoms with Crippen molar-refractivity contribution in [3.63, 3.8) is 0 Å². The van der Waals surface area contributed by atoms with Gasteiger partial charge in [-0.1, -0.05) is 28.1 Å². The van der Waals surface area contributed by atoms with Crippen molar-refractivity contribution < 1.29 is 0 Å². The zero-order valence-electron chi connectivity index (χ0n) is 8.55. The van der Waals surface area contributed by atoms with E-state index in [2.05, 4.69) is 75.8 Å². The van der Waals surface area contributed by atoms with E-state index in [0.29, 0.717) is 0 Å². The number of benzene rings is 2. The molecule has 0 unspecified atom stereocenters. The maximum Gasteiger partial charge on any atom is 0.0395 e. The van der Waals surface area contributed by atoms with Crippen molar-refractivity contribution in [2.45, 2.75) is 6.92 Å². The Morgan fingerprint density at radius 1 is 1.12 bits per heavy atom. The van der Waals surface area contributed by atoms with Gasteiger partial charge in [0, 0.05) is 28.2 Å². The fraction of sp³-hybridized carbons (Fsp3) is 0.0769. The smallest absolute Gasteiger partial charge is 0.0395 e. The van der Waals surface area contributed by atoms with Gasteiger partial charge in [-0.2, -0.15) is 0 Å². The van der Waals surface area contributed by atoms with Crippen LogP contribution >= 0.6 is 49.9 Å². The average Bonchev–Trinajstić information content (AvgIpc) is 2.62. The molecule has 0 spiro atoms. The van der Waals surface area contributed by atoms with Gasteiger partial charge in [0.25, 0.3) is 0 Å². The Labute approximate surface area is 120 Å². The minimum atomic E-state index is 1.15. The first-order valence-electron chi connectivity index (χ1n) is 4.93. The molecule has 3 heteroatoms. The molecule has 16 heavy (non-hydrogen) atoms. The summed E-state index contributed by atoms with van der Waals surface area (Å²) >= 11 is 7.81. The lowest BCUT2D eigenvalue weighted by Gasteiger charge is -1.98. The van der Waals surface area contributed by atoms with Crippen LogP contribution in [0.25, 0.3) is 20.2 Å². The number of thiophene rings is 1. The molecule has 0 fully saturated rings. The number of hydrogen-bond acceptors (Lipinski definition) is 1. The van der Waals surface area contributed by atoms with Crippen molar-refractivity contribution in [2.24, 2.45) is 0 Å². The van der Waals surface area contributed by atoms with Crippen LogP contribution in [0.5, 0.6) is 0 Å². The highest BCUT2D eigenvalue weighted by Gasteiger charge is 2.08. The number of halogens is 2. The lowest BCUT2D eigenvalue weighted by Crippen LogP contribution is -1.78. The first kappa shape index (κ1) is 11.0. The third kappa shape index (κ3) is 1.60. The summed E-state index contributed by atoms with van der Waals surface area (Å²) in [5.74, 6) is 0. The molecule has 0 aliphatic heterocycles. The molecular weight excluding hydrogens is 395 g/mol. The van der Waals surface area contributed by atoms with E-state index < -0.39 is 0 Å². The second kappa shape index (κ2) is 3.96. The molecule has 0 atom stereocenters. The Morgan fingerprint density at radius 2 is 1.88 bits per heavy atom. The van der Waals surface area contributed by atoms with Gasteiger partial charge in [-0.15, -0.1) is 11.3 Å². The predicted molar refractivity (Wildman–Crippen MR) is 84.5 cm³/mol. The van der Waals surface area contributed by atoms with Crippen LogP contribution in [0.15, 0.2) is 34.8 Å². The summed E-state index contributed by atoms with van der Waals surface area (Å²) in [5.41, 5.74) is 1.40. The predicted octanol–water partition coefficient (Wildman–Crippen LogP) is 5.73. The van der Waals surface area contributed by atoms with E-state index in [-0.39, 0.29) is 0 Å². The van der Waals surface area contributed by atoms with E-state index in [0.717, 1.165) is 4.47 Å². The fourth-order valence-corrected chi connectivity index (χ4v) is 4.31. The highest BCUT2D eigenvalue weighted by atomic mass is 127. The monoisotopic (exact) mass is 402 g/mol. The molecule has 0 radical (unpaired) electrons. The van der Waals surface area contributed by atoms with Gasteiger partial charge in [-0.05, 0) is 53.3 Å². The minimum Gasteiger partial charge on any atom is -0.135 e. The molecule has 0 saturated heterocycles. The van der Waals surface area contributed by atoms with Crippen LogP contribution in [-0.2, 0) is 0 Å². The molecule has 2 aromatic carbocycles. The van der Waals surface area contributed by atoms with Crippen LogP contribution in [-0.4, -0.2) is 0 Å². The Kier molecular flexibility index (Phi) is 2.72. The molecule has 0 saturated carbocycles. The van der Waals surface area contributed by atoms with Crippen LogP contribution in [0, 0.1) is 10.5 Å². The molecule has 0 N–H and O–H groups in total. The Hall–Kier alpha value is -0.130. The topological polar surface area (TPSA) is 0 Å². The van der Waals surface area contributed by atoms with Gasteiger partial charge < -0.3 is 0 Å². The molecule has 0 nitrogen and oxygen atoms in total. The van der Waals surface area contributed by atoms with Crippen molar-refractivity contribution >= 4 is 70.0 Å². The van der Waals surface area contributed by atoms with Crippen molar-refractivity contribution in [1.29, 1.82) is 0 Å². The molecule has 3 aromatic rings. The summed E-state index contributed by atoms with van der Waals surface area (Å²) in [7, 11) is 0. The quantitative estimate of drug-likeness (QED) is 0.421. The highest BCUT2D eigenvalue weighted by Crippen LogP contribution is 2.38.